The van der Waals surface area contributed by atoms with Crippen LogP contribution in [-0.2, 0) is 6.61 Å². The molecule has 1 spiro atoms. The zero-order chi connectivity index (χ0) is 19.3. The molecule has 4 aliphatic rings. The molecule has 7 heterocycles. The van der Waals surface area contributed by atoms with Crippen molar-refractivity contribution in [2.24, 2.45) is 0 Å². The van der Waals surface area contributed by atoms with Crippen LogP contribution in [0.1, 0.15) is 36.3 Å². The van der Waals surface area contributed by atoms with E-state index < -0.39 is 0 Å². The number of aromatic nitrogens is 4. The molecule has 7 rings (SSSR count). The molecular formula is C20H24N7OS+. The Hall–Kier alpha value is -2.23. The van der Waals surface area contributed by atoms with E-state index in [-0.39, 0.29) is 6.61 Å². The van der Waals surface area contributed by atoms with Gasteiger partial charge in [0.15, 0.2) is 11.6 Å². The van der Waals surface area contributed by atoms with Gasteiger partial charge in [-0.3, -0.25) is 5.10 Å². The van der Waals surface area contributed by atoms with Crippen molar-refractivity contribution < 1.29 is 9.59 Å². The van der Waals surface area contributed by atoms with E-state index in [1.165, 1.54) is 35.0 Å². The maximum Gasteiger partial charge on any atom is 0.225 e. The number of fused-ring (bicyclic) bond motifs is 2. The Morgan fingerprint density at radius 3 is 2.66 bits per heavy atom. The molecule has 29 heavy (non-hydrogen) atoms. The molecule has 6 atom stereocenters. The first-order chi connectivity index (χ1) is 14.1. The van der Waals surface area contributed by atoms with Gasteiger partial charge in [0, 0.05) is 29.8 Å². The lowest BCUT2D eigenvalue weighted by Crippen LogP contribution is -2.66. The summed E-state index contributed by atoms with van der Waals surface area (Å²) in [6, 6.07) is 8.19. The topological polar surface area (TPSA) is 98.8 Å². The lowest BCUT2D eigenvalue weighted by molar-refractivity contribution is -0.947. The summed E-state index contributed by atoms with van der Waals surface area (Å²) in [4.78, 5) is 10.8. The first-order valence-electron chi connectivity index (χ1n) is 10.5. The monoisotopic (exact) mass is 410 g/mol. The van der Waals surface area contributed by atoms with Gasteiger partial charge in [-0.2, -0.15) is 10.1 Å². The number of piperidine rings is 1. The van der Waals surface area contributed by atoms with E-state index in [1.807, 2.05) is 0 Å². The van der Waals surface area contributed by atoms with Crippen molar-refractivity contribution in [1.29, 1.82) is 0 Å². The highest BCUT2D eigenvalue weighted by Crippen LogP contribution is 2.71. The summed E-state index contributed by atoms with van der Waals surface area (Å²) in [5, 5.41) is 23.3. The Labute approximate surface area is 172 Å². The molecule has 150 valence electrons. The fourth-order valence-corrected chi connectivity index (χ4v) is 7.56. The summed E-state index contributed by atoms with van der Waals surface area (Å²) < 4.78 is 2.52. The third kappa shape index (κ3) is 2.13. The minimum absolute atomic E-state index is 0.0650. The second kappa shape index (κ2) is 5.47. The van der Waals surface area contributed by atoms with Crippen LogP contribution in [0.4, 0.5) is 17.6 Å². The van der Waals surface area contributed by atoms with Crippen molar-refractivity contribution in [1.82, 2.24) is 20.2 Å². The average Bonchev–Trinajstić information content (AvgIpc) is 3.12. The molecule has 4 saturated heterocycles. The molecule has 4 N–H and O–H groups in total. The summed E-state index contributed by atoms with van der Waals surface area (Å²) in [5.41, 5.74) is 1.63. The van der Waals surface area contributed by atoms with Gasteiger partial charge < -0.3 is 20.2 Å². The van der Waals surface area contributed by atoms with Crippen LogP contribution in [-0.4, -0.2) is 60.0 Å². The molecule has 9 heteroatoms. The average molecular weight is 411 g/mol. The molecule has 4 fully saturated rings. The molecule has 4 unspecified atom stereocenters. The van der Waals surface area contributed by atoms with Crippen molar-refractivity contribution in [3.63, 3.8) is 0 Å². The fourth-order valence-electron chi connectivity index (χ4n) is 6.66. The quantitative estimate of drug-likeness (QED) is 0.381. The number of hydrogen-bond acceptors (Lipinski definition) is 7. The van der Waals surface area contributed by atoms with Crippen LogP contribution in [0.5, 0.6) is 0 Å². The van der Waals surface area contributed by atoms with Gasteiger partial charge in [0.2, 0.25) is 5.95 Å². The van der Waals surface area contributed by atoms with Gasteiger partial charge in [0.05, 0.1) is 47.4 Å². The largest absolute Gasteiger partial charge is 0.390 e. The first-order valence-corrected chi connectivity index (χ1v) is 11.3. The molecule has 0 bridgehead atoms. The van der Waals surface area contributed by atoms with Gasteiger partial charge in [-0.05, 0) is 13.0 Å². The Kier molecular flexibility index (Phi) is 3.12. The predicted octanol–water partition coefficient (Wildman–Crippen LogP) is 2.65. The lowest BCUT2D eigenvalue weighted by atomic mass is 9.82. The maximum absolute atomic E-state index is 9.28. The highest BCUT2D eigenvalue weighted by Gasteiger charge is 2.88. The lowest BCUT2D eigenvalue weighted by Gasteiger charge is -2.53. The predicted molar refractivity (Wildman–Crippen MR) is 111 cm³/mol. The van der Waals surface area contributed by atoms with Crippen molar-refractivity contribution in [2.75, 3.05) is 10.6 Å². The standard InChI is InChI=1S/C20H24N7OS/c1-9-2-14-18(29-9)19(23-17-5-11(8-28)25-26-17)24-20(22-14)21-10-3-12-6-15-16-7-13(4-10)27(12,15)16/h2,5,10,12-13,15-16,28H,3-4,6-8H2,1H3,(H3,21,22,23,24,25,26)/q+1/t10?,12-,13+,15?,16?,27?. The summed E-state index contributed by atoms with van der Waals surface area (Å²) >= 11 is 1.68. The normalized spacial score (nSPS) is 36.0. The van der Waals surface area contributed by atoms with Crippen LogP contribution in [0.25, 0.3) is 10.2 Å². The molecule has 0 aromatic carbocycles. The minimum Gasteiger partial charge on any atom is -0.390 e. The molecule has 3 aromatic heterocycles. The van der Waals surface area contributed by atoms with Crippen molar-refractivity contribution in [3.8, 4) is 0 Å². The Morgan fingerprint density at radius 1 is 1.17 bits per heavy atom. The van der Waals surface area contributed by atoms with Crippen LogP contribution in [0, 0.1) is 6.92 Å². The van der Waals surface area contributed by atoms with E-state index in [1.54, 1.807) is 17.4 Å². The second-order valence-electron chi connectivity index (χ2n) is 9.15. The highest BCUT2D eigenvalue weighted by molar-refractivity contribution is 7.19. The number of thiophene rings is 1. The number of quaternary nitrogens is 1. The Bertz CT molecular complexity index is 1120. The number of rotatable bonds is 5. The maximum atomic E-state index is 9.28. The molecule has 0 aliphatic carbocycles. The molecule has 3 aromatic rings. The summed E-state index contributed by atoms with van der Waals surface area (Å²) in [5.74, 6) is 2.12. The number of nitrogens with one attached hydrogen (secondary N) is 3. The smallest absolute Gasteiger partial charge is 0.225 e. The van der Waals surface area contributed by atoms with Crippen LogP contribution in [0.2, 0.25) is 0 Å². The molecular weight excluding hydrogens is 386 g/mol. The first kappa shape index (κ1) is 16.6. The number of aliphatic hydroxyl groups excluding tert-OH is 1. The van der Waals surface area contributed by atoms with Crippen LogP contribution in [0.15, 0.2) is 12.1 Å². The Morgan fingerprint density at radius 2 is 1.97 bits per heavy atom. The molecule has 4 aliphatic heterocycles. The number of anilines is 3. The third-order valence-electron chi connectivity index (χ3n) is 7.78. The fraction of sp³-hybridized carbons (Fsp3) is 0.550. The van der Waals surface area contributed by atoms with E-state index in [2.05, 4.69) is 33.8 Å². The second-order valence-corrected chi connectivity index (χ2v) is 10.4. The van der Waals surface area contributed by atoms with Gasteiger partial charge >= 0.3 is 0 Å². The van der Waals surface area contributed by atoms with Crippen molar-refractivity contribution in [2.45, 2.75) is 69.4 Å². The molecule has 0 radical (unpaired) electrons. The van der Waals surface area contributed by atoms with E-state index >= 15 is 0 Å². The number of aryl methyl sites for hydroxylation is 1. The zero-order valence-corrected chi connectivity index (χ0v) is 17.0. The van der Waals surface area contributed by atoms with Crippen molar-refractivity contribution in [3.05, 3.63) is 22.7 Å². The van der Waals surface area contributed by atoms with Crippen LogP contribution < -0.4 is 10.6 Å². The number of nitrogens with zero attached hydrogens (tertiary/aromatic N) is 4. The number of aromatic amines is 1. The van der Waals surface area contributed by atoms with Gasteiger partial charge in [0.25, 0.3) is 0 Å². The van der Waals surface area contributed by atoms with Gasteiger partial charge in [0.1, 0.15) is 12.1 Å². The number of H-pyrrole nitrogens is 1. The van der Waals surface area contributed by atoms with Gasteiger partial charge in [-0.25, -0.2) is 4.98 Å². The van der Waals surface area contributed by atoms with Gasteiger partial charge in [-0.1, -0.05) is 0 Å². The SMILES string of the molecule is Cc1cc2nc(NC3C[C@@H]4CC5C6C[C@H](C3)[N+]564)nc(Nc3cc(CO)[nH]n3)c2s1. The Balaban J connectivity index is 1.18. The highest BCUT2D eigenvalue weighted by atomic mass is 32.1. The van der Waals surface area contributed by atoms with E-state index in [0.29, 0.717) is 23.5 Å². The van der Waals surface area contributed by atoms with Crippen molar-refractivity contribution >= 4 is 39.1 Å². The van der Waals surface area contributed by atoms with Gasteiger partial charge in [-0.15, -0.1) is 11.3 Å². The van der Waals surface area contributed by atoms with E-state index in [4.69, 9.17) is 9.97 Å². The number of hydrogen-bond donors (Lipinski definition) is 4. The third-order valence-corrected chi connectivity index (χ3v) is 8.83. The van der Waals surface area contributed by atoms with Crippen LogP contribution in [0.3, 0.4) is 0 Å². The molecule has 0 amide bonds. The molecule has 8 nitrogen and oxygen atoms in total. The summed E-state index contributed by atoms with van der Waals surface area (Å²) in [6.45, 7) is 2.03. The van der Waals surface area contributed by atoms with E-state index in [9.17, 15) is 5.11 Å². The summed E-state index contributed by atoms with van der Waals surface area (Å²) in [7, 11) is 0. The zero-order valence-electron chi connectivity index (χ0n) is 16.2. The molecule has 0 saturated carbocycles. The van der Waals surface area contributed by atoms with Crippen LogP contribution >= 0.6 is 11.3 Å². The van der Waals surface area contributed by atoms with E-state index in [0.717, 1.165) is 40.2 Å². The number of aliphatic hydroxyl groups is 1. The summed E-state index contributed by atoms with van der Waals surface area (Å²) in [6.07, 6.45) is 5.36. The minimum atomic E-state index is -0.0650.